The van der Waals surface area contributed by atoms with Crippen LogP contribution >= 0.6 is 15.9 Å². The lowest BCUT2D eigenvalue weighted by molar-refractivity contribution is -0.124. The zero-order chi connectivity index (χ0) is 21.9. The summed E-state index contributed by atoms with van der Waals surface area (Å²) in [6, 6.07) is 10.8. The highest BCUT2D eigenvalue weighted by Crippen LogP contribution is 2.36. The molecular weight excluding hydrogens is 457 g/mol. The van der Waals surface area contributed by atoms with Crippen LogP contribution < -0.4 is 20.1 Å². The van der Waals surface area contributed by atoms with Gasteiger partial charge in [0.15, 0.2) is 18.1 Å². The minimum absolute atomic E-state index is 0.129. The predicted octanol–water partition coefficient (Wildman–Crippen LogP) is 2.71. The van der Waals surface area contributed by atoms with Gasteiger partial charge >= 0.3 is 0 Å². The van der Waals surface area contributed by atoms with Crippen LogP contribution in [0.3, 0.4) is 0 Å². The van der Waals surface area contributed by atoms with Crippen molar-refractivity contribution in [2.75, 3.05) is 26.3 Å². The maximum atomic E-state index is 12.9. The third-order valence-electron chi connectivity index (χ3n) is 3.83. The lowest BCUT2D eigenvalue weighted by atomic mass is 10.1. The zero-order valence-electron chi connectivity index (χ0n) is 16.3. The molecule has 0 radical (unpaired) electrons. The fraction of sp³-hybridized carbons (Fsp3) is 0.286. The molecule has 0 saturated carbocycles. The van der Waals surface area contributed by atoms with Crippen molar-refractivity contribution in [3.63, 3.8) is 0 Å². The maximum absolute atomic E-state index is 12.9. The Kier molecular flexibility index (Phi) is 9.09. The average molecular weight is 478 g/mol. The Hall–Kier alpha value is -3.12. The van der Waals surface area contributed by atoms with E-state index in [4.69, 9.17) is 14.7 Å². The zero-order valence-corrected chi connectivity index (χ0v) is 17.9. The summed E-state index contributed by atoms with van der Waals surface area (Å²) < 4.78 is 24.4. The number of amides is 2. The first kappa shape index (κ1) is 23.2. The number of nitrogens with one attached hydrogen (secondary N) is 2. The van der Waals surface area contributed by atoms with Crippen molar-refractivity contribution >= 4 is 27.7 Å². The first-order valence-electron chi connectivity index (χ1n) is 9.20. The second kappa shape index (κ2) is 11.8. The van der Waals surface area contributed by atoms with Crippen molar-refractivity contribution in [1.82, 2.24) is 10.6 Å². The van der Waals surface area contributed by atoms with Crippen molar-refractivity contribution < 1.29 is 23.5 Å². The Balaban J connectivity index is 1.74. The van der Waals surface area contributed by atoms with Gasteiger partial charge < -0.3 is 20.1 Å². The van der Waals surface area contributed by atoms with E-state index in [-0.39, 0.29) is 43.7 Å². The summed E-state index contributed by atoms with van der Waals surface area (Å²) in [5, 5.41) is 14.4. The predicted molar refractivity (Wildman–Crippen MR) is 112 cm³/mol. The van der Waals surface area contributed by atoms with Gasteiger partial charge in [-0.3, -0.25) is 9.59 Å². The molecule has 7 nitrogen and oxygen atoms in total. The van der Waals surface area contributed by atoms with Crippen molar-refractivity contribution in [3.8, 4) is 17.6 Å². The maximum Gasteiger partial charge on any atom is 0.258 e. The summed E-state index contributed by atoms with van der Waals surface area (Å²) in [6.45, 7) is 2.39. The number of rotatable bonds is 10. The van der Waals surface area contributed by atoms with Gasteiger partial charge in [-0.25, -0.2) is 4.39 Å². The van der Waals surface area contributed by atoms with Crippen LogP contribution in [-0.2, 0) is 16.0 Å². The number of nitrogens with zero attached hydrogens (tertiary/aromatic N) is 1. The monoisotopic (exact) mass is 477 g/mol. The molecule has 158 valence electrons. The fourth-order valence-electron chi connectivity index (χ4n) is 2.48. The van der Waals surface area contributed by atoms with Gasteiger partial charge in [0.05, 0.1) is 29.1 Å². The van der Waals surface area contributed by atoms with Crippen LogP contribution in [0, 0.1) is 17.1 Å². The van der Waals surface area contributed by atoms with E-state index in [0.717, 1.165) is 0 Å². The molecule has 0 aromatic heterocycles. The van der Waals surface area contributed by atoms with Crippen molar-refractivity contribution in [1.29, 1.82) is 5.26 Å². The fourth-order valence-corrected chi connectivity index (χ4v) is 3.03. The molecule has 0 atom stereocenters. The second-order valence-corrected chi connectivity index (χ2v) is 6.98. The summed E-state index contributed by atoms with van der Waals surface area (Å²) in [4.78, 5) is 23.9. The molecule has 2 aromatic carbocycles. The van der Waals surface area contributed by atoms with Gasteiger partial charge in [-0.05, 0) is 46.6 Å². The quantitative estimate of drug-likeness (QED) is 0.512. The molecule has 0 unspecified atom stereocenters. The number of hydrogen-bond donors (Lipinski definition) is 2. The summed E-state index contributed by atoms with van der Waals surface area (Å²) in [5.41, 5.74) is 1.10. The van der Waals surface area contributed by atoms with Gasteiger partial charge in [-0.2, -0.15) is 5.26 Å². The molecule has 2 aromatic rings. The number of carbonyl (C=O) groups excluding carboxylic acids is 2. The number of ether oxygens (including phenoxy) is 2. The van der Waals surface area contributed by atoms with Crippen LogP contribution in [0.25, 0.3) is 0 Å². The molecule has 0 heterocycles. The van der Waals surface area contributed by atoms with Crippen LogP contribution in [0.2, 0.25) is 0 Å². The van der Waals surface area contributed by atoms with Crippen LogP contribution in [-0.4, -0.2) is 38.1 Å². The highest BCUT2D eigenvalue weighted by Gasteiger charge is 2.14. The minimum atomic E-state index is -0.374. The van der Waals surface area contributed by atoms with Crippen molar-refractivity contribution in [3.05, 3.63) is 57.8 Å². The SMILES string of the molecule is CCOc1cc(C#N)cc(Br)c1OCC(=O)NCCNC(=O)Cc1ccc(F)cc1. The molecule has 0 spiro atoms. The topological polar surface area (TPSA) is 100 Å². The summed E-state index contributed by atoms with van der Waals surface area (Å²) >= 11 is 3.31. The van der Waals surface area contributed by atoms with E-state index in [1.54, 1.807) is 25.1 Å². The number of carbonyl (C=O) groups is 2. The van der Waals surface area contributed by atoms with E-state index in [0.29, 0.717) is 33.7 Å². The van der Waals surface area contributed by atoms with Crippen LogP contribution in [0.4, 0.5) is 4.39 Å². The molecule has 2 N–H and O–H groups in total. The molecule has 0 bridgehead atoms. The Bertz CT molecular complexity index is 929. The molecular formula is C21H21BrFN3O4. The molecule has 2 amide bonds. The first-order chi connectivity index (χ1) is 14.4. The van der Waals surface area contributed by atoms with E-state index in [9.17, 15) is 14.0 Å². The summed E-state index contributed by atoms with van der Waals surface area (Å²) in [7, 11) is 0. The Morgan fingerprint density at radius 1 is 1.10 bits per heavy atom. The highest BCUT2D eigenvalue weighted by molar-refractivity contribution is 9.10. The van der Waals surface area contributed by atoms with Gasteiger partial charge in [0, 0.05) is 19.2 Å². The Morgan fingerprint density at radius 2 is 1.77 bits per heavy atom. The van der Waals surface area contributed by atoms with Gasteiger partial charge in [0.25, 0.3) is 5.91 Å². The molecule has 2 rings (SSSR count). The van der Waals surface area contributed by atoms with E-state index in [1.807, 2.05) is 6.07 Å². The third kappa shape index (κ3) is 7.37. The normalized spacial score (nSPS) is 10.1. The molecule has 0 aliphatic heterocycles. The van der Waals surface area contributed by atoms with E-state index in [2.05, 4.69) is 26.6 Å². The molecule has 9 heteroatoms. The second-order valence-electron chi connectivity index (χ2n) is 6.12. The largest absolute Gasteiger partial charge is 0.490 e. The Morgan fingerprint density at radius 3 is 2.40 bits per heavy atom. The van der Waals surface area contributed by atoms with Crippen LogP contribution in [0.5, 0.6) is 11.5 Å². The molecule has 0 aliphatic rings. The van der Waals surface area contributed by atoms with E-state index >= 15 is 0 Å². The number of halogens is 2. The van der Waals surface area contributed by atoms with Gasteiger partial charge in [-0.15, -0.1) is 0 Å². The van der Waals surface area contributed by atoms with Crippen molar-refractivity contribution in [2.24, 2.45) is 0 Å². The molecule has 0 fully saturated rings. The van der Waals surface area contributed by atoms with Gasteiger partial charge in [-0.1, -0.05) is 12.1 Å². The molecule has 30 heavy (non-hydrogen) atoms. The lowest BCUT2D eigenvalue weighted by Gasteiger charge is -2.14. The summed E-state index contributed by atoms with van der Waals surface area (Å²) in [6.07, 6.45) is 0.129. The number of benzene rings is 2. The molecule has 0 aliphatic carbocycles. The van der Waals surface area contributed by atoms with E-state index < -0.39 is 0 Å². The van der Waals surface area contributed by atoms with Gasteiger partial charge in [0.1, 0.15) is 5.82 Å². The van der Waals surface area contributed by atoms with Crippen LogP contribution in [0.1, 0.15) is 18.1 Å². The Labute approximate surface area is 182 Å². The van der Waals surface area contributed by atoms with E-state index in [1.165, 1.54) is 18.2 Å². The number of hydrogen-bond acceptors (Lipinski definition) is 5. The smallest absolute Gasteiger partial charge is 0.258 e. The summed E-state index contributed by atoms with van der Waals surface area (Å²) in [5.74, 6) is -0.259. The van der Waals surface area contributed by atoms with Crippen LogP contribution in [0.15, 0.2) is 40.9 Å². The lowest BCUT2D eigenvalue weighted by Crippen LogP contribution is -2.37. The third-order valence-corrected chi connectivity index (χ3v) is 4.42. The number of nitriles is 1. The van der Waals surface area contributed by atoms with Crippen molar-refractivity contribution in [2.45, 2.75) is 13.3 Å². The standard InChI is InChI=1S/C21H21BrFN3O4/c1-2-29-18-10-15(12-24)9-17(22)21(18)30-13-20(28)26-8-7-25-19(27)11-14-3-5-16(23)6-4-14/h3-6,9-10H,2,7-8,11,13H2,1H3,(H,25,27)(H,26,28). The average Bonchev–Trinajstić information content (AvgIpc) is 2.72. The minimum Gasteiger partial charge on any atom is -0.490 e. The first-order valence-corrected chi connectivity index (χ1v) is 9.99. The van der Waals surface area contributed by atoms with Gasteiger partial charge in [0.2, 0.25) is 5.91 Å². The molecule has 0 saturated heterocycles. The highest BCUT2D eigenvalue weighted by atomic mass is 79.9.